The van der Waals surface area contributed by atoms with Crippen LogP contribution < -0.4 is 16.8 Å². The van der Waals surface area contributed by atoms with E-state index in [0.717, 1.165) is 15.5 Å². The smallest absolute Gasteiger partial charge is 0.261 e. The number of nitrogens with one attached hydrogen (secondary N) is 1. The standard InChI is InChI=1S/C13H14FN3OS2/c1-19-11-9(15)10(12(16)18)20-13(11)17-6-7-2-4-8(14)5-3-7/h2-5,17H,6,15H2,1H3,(H2,16,18). The van der Waals surface area contributed by atoms with Gasteiger partial charge in [0.25, 0.3) is 5.91 Å². The van der Waals surface area contributed by atoms with Gasteiger partial charge in [0.2, 0.25) is 0 Å². The molecule has 2 aromatic rings. The molecule has 0 saturated carbocycles. The molecule has 0 aliphatic rings. The zero-order valence-electron chi connectivity index (χ0n) is 10.8. The van der Waals surface area contributed by atoms with E-state index < -0.39 is 5.91 Å². The number of nitrogen functional groups attached to an aromatic ring is 1. The van der Waals surface area contributed by atoms with Crippen molar-refractivity contribution >= 4 is 39.7 Å². The van der Waals surface area contributed by atoms with Crippen molar-refractivity contribution in [3.8, 4) is 0 Å². The fourth-order valence-corrected chi connectivity index (χ4v) is 3.60. The van der Waals surface area contributed by atoms with Crippen LogP contribution in [-0.2, 0) is 6.54 Å². The van der Waals surface area contributed by atoms with Crippen LogP contribution in [0.1, 0.15) is 15.2 Å². The summed E-state index contributed by atoms with van der Waals surface area (Å²) in [6, 6.07) is 6.22. The Kier molecular flexibility index (Phi) is 4.51. The minimum absolute atomic E-state index is 0.269. The monoisotopic (exact) mass is 311 g/mol. The van der Waals surface area contributed by atoms with Crippen molar-refractivity contribution in [1.82, 2.24) is 0 Å². The molecule has 0 bridgehead atoms. The van der Waals surface area contributed by atoms with Gasteiger partial charge in [-0.1, -0.05) is 12.1 Å². The molecule has 1 heterocycles. The van der Waals surface area contributed by atoms with Gasteiger partial charge in [-0.05, 0) is 24.0 Å². The first-order valence-corrected chi connectivity index (χ1v) is 7.81. The third kappa shape index (κ3) is 3.05. The van der Waals surface area contributed by atoms with E-state index >= 15 is 0 Å². The number of carbonyl (C=O) groups is 1. The zero-order chi connectivity index (χ0) is 14.7. The second-order valence-corrected chi connectivity index (χ2v) is 5.89. The number of anilines is 2. The molecule has 0 saturated heterocycles. The molecule has 5 N–H and O–H groups in total. The van der Waals surface area contributed by atoms with Crippen LogP contribution >= 0.6 is 23.1 Å². The Labute approximate surface area is 124 Å². The van der Waals surface area contributed by atoms with Gasteiger partial charge >= 0.3 is 0 Å². The number of hydrogen-bond acceptors (Lipinski definition) is 5. The van der Waals surface area contributed by atoms with Crippen LogP contribution in [0.2, 0.25) is 0 Å². The topological polar surface area (TPSA) is 81.1 Å². The highest BCUT2D eigenvalue weighted by molar-refractivity contribution is 7.99. The van der Waals surface area contributed by atoms with Gasteiger partial charge < -0.3 is 16.8 Å². The Bertz CT molecular complexity index is 625. The molecule has 2 rings (SSSR count). The van der Waals surface area contributed by atoms with Crippen molar-refractivity contribution in [3.63, 3.8) is 0 Å². The number of halogens is 1. The van der Waals surface area contributed by atoms with E-state index in [4.69, 9.17) is 11.5 Å². The van der Waals surface area contributed by atoms with Gasteiger partial charge in [0.1, 0.15) is 15.7 Å². The molecule has 1 aromatic carbocycles. The molecule has 1 aromatic heterocycles. The number of amides is 1. The molecule has 0 unspecified atom stereocenters. The molecule has 0 atom stereocenters. The van der Waals surface area contributed by atoms with Gasteiger partial charge in [-0.2, -0.15) is 0 Å². The van der Waals surface area contributed by atoms with Crippen molar-refractivity contribution in [1.29, 1.82) is 0 Å². The maximum Gasteiger partial charge on any atom is 0.261 e. The molecule has 106 valence electrons. The van der Waals surface area contributed by atoms with Gasteiger partial charge in [0, 0.05) is 6.54 Å². The summed E-state index contributed by atoms with van der Waals surface area (Å²) >= 11 is 2.69. The number of benzene rings is 1. The normalized spacial score (nSPS) is 10.5. The molecule has 0 spiro atoms. The van der Waals surface area contributed by atoms with Crippen LogP contribution in [0.3, 0.4) is 0 Å². The van der Waals surface area contributed by atoms with Gasteiger partial charge in [-0.15, -0.1) is 23.1 Å². The van der Waals surface area contributed by atoms with Crippen LogP contribution in [0.5, 0.6) is 0 Å². The lowest BCUT2D eigenvalue weighted by molar-refractivity contribution is 0.100. The van der Waals surface area contributed by atoms with E-state index in [1.165, 1.54) is 35.2 Å². The first-order chi connectivity index (χ1) is 9.52. The van der Waals surface area contributed by atoms with E-state index in [2.05, 4.69) is 5.32 Å². The lowest BCUT2D eigenvalue weighted by Crippen LogP contribution is -2.10. The maximum atomic E-state index is 12.8. The van der Waals surface area contributed by atoms with Crippen molar-refractivity contribution in [2.75, 3.05) is 17.3 Å². The first kappa shape index (κ1) is 14.7. The van der Waals surface area contributed by atoms with Crippen molar-refractivity contribution in [2.24, 2.45) is 5.73 Å². The molecule has 0 radical (unpaired) electrons. The van der Waals surface area contributed by atoms with Gasteiger partial charge in [-0.3, -0.25) is 4.79 Å². The van der Waals surface area contributed by atoms with Gasteiger partial charge in [-0.25, -0.2) is 4.39 Å². The number of rotatable bonds is 5. The Morgan fingerprint density at radius 2 is 2.05 bits per heavy atom. The van der Waals surface area contributed by atoms with Crippen LogP contribution in [0.4, 0.5) is 15.1 Å². The van der Waals surface area contributed by atoms with Crippen LogP contribution in [0.25, 0.3) is 0 Å². The SMILES string of the molecule is CSc1c(NCc2ccc(F)cc2)sc(C(N)=O)c1N. The molecule has 0 aliphatic carbocycles. The van der Waals surface area contributed by atoms with E-state index in [-0.39, 0.29) is 5.82 Å². The summed E-state index contributed by atoms with van der Waals surface area (Å²) in [5, 5.41) is 4.00. The second-order valence-electron chi connectivity index (χ2n) is 4.05. The molecule has 7 heteroatoms. The quantitative estimate of drug-likeness (QED) is 0.742. The molecule has 4 nitrogen and oxygen atoms in total. The summed E-state index contributed by atoms with van der Waals surface area (Å²) < 4.78 is 12.8. The average molecular weight is 311 g/mol. The predicted octanol–water partition coefficient (Wildman–Crippen LogP) is 2.90. The molecule has 0 fully saturated rings. The summed E-state index contributed by atoms with van der Waals surface area (Å²) in [5.74, 6) is -0.799. The number of thiophene rings is 1. The summed E-state index contributed by atoms with van der Waals surface area (Å²) in [7, 11) is 0. The summed E-state index contributed by atoms with van der Waals surface area (Å²) in [6.07, 6.45) is 1.88. The van der Waals surface area contributed by atoms with Gasteiger partial charge in [0.05, 0.1) is 10.6 Å². The van der Waals surface area contributed by atoms with E-state index in [0.29, 0.717) is 17.1 Å². The minimum atomic E-state index is -0.530. The summed E-state index contributed by atoms with van der Waals surface area (Å²) in [5.41, 5.74) is 12.5. The maximum absolute atomic E-state index is 12.8. The zero-order valence-corrected chi connectivity index (χ0v) is 12.4. The van der Waals surface area contributed by atoms with E-state index in [1.54, 1.807) is 12.1 Å². The lowest BCUT2D eigenvalue weighted by atomic mass is 10.2. The number of hydrogen-bond donors (Lipinski definition) is 3. The summed E-state index contributed by atoms with van der Waals surface area (Å²) in [6.45, 7) is 0.520. The lowest BCUT2D eigenvalue weighted by Gasteiger charge is -2.06. The summed E-state index contributed by atoms with van der Waals surface area (Å²) in [4.78, 5) is 12.5. The second kappa shape index (κ2) is 6.15. The highest BCUT2D eigenvalue weighted by Crippen LogP contribution is 2.41. The number of nitrogens with two attached hydrogens (primary N) is 2. The Hall–Kier alpha value is -1.73. The fraction of sp³-hybridized carbons (Fsp3) is 0.154. The number of primary amides is 1. The first-order valence-electron chi connectivity index (χ1n) is 5.77. The molecular weight excluding hydrogens is 297 g/mol. The largest absolute Gasteiger partial charge is 0.396 e. The number of thioether (sulfide) groups is 1. The molecule has 0 aliphatic heterocycles. The predicted molar refractivity (Wildman–Crippen MR) is 82.8 cm³/mol. The fourth-order valence-electron chi connectivity index (χ4n) is 1.72. The average Bonchev–Trinajstić information content (AvgIpc) is 2.74. The third-order valence-corrected chi connectivity index (χ3v) is 4.83. The van der Waals surface area contributed by atoms with Crippen LogP contribution in [0, 0.1) is 5.82 Å². The van der Waals surface area contributed by atoms with E-state index in [9.17, 15) is 9.18 Å². The highest BCUT2D eigenvalue weighted by Gasteiger charge is 2.18. The number of carbonyl (C=O) groups excluding carboxylic acids is 1. The highest BCUT2D eigenvalue weighted by atomic mass is 32.2. The molecule has 20 heavy (non-hydrogen) atoms. The van der Waals surface area contributed by atoms with Crippen LogP contribution in [0.15, 0.2) is 29.2 Å². The minimum Gasteiger partial charge on any atom is -0.396 e. The van der Waals surface area contributed by atoms with Crippen molar-refractivity contribution in [2.45, 2.75) is 11.4 Å². The van der Waals surface area contributed by atoms with Crippen molar-refractivity contribution < 1.29 is 9.18 Å². The van der Waals surface area contributed by atoms with Crippen LogP contribution in [-0.4, -0.2) is 12.2 Å². The van der Waals surface area contributed by atoms with E-state index in [1.807, 2.05) is 6.26 Å². The molecule has 1 amide bonds. The Morgan fingerprint density at radius 3 is 2.60 bits per heavy atom. The van der Waals surface area contributed by atoms with Crippen molar-refractivity contribution in [3.05, 3.63) is 40.5 Å². The molecular formula is C13H14FN3OS2. The Morgan fingerprint density at radius 1 is 1.40 bits per heavy atom. The third-order valence-electron chi connectivity index (χ3n) is 2.69. The van der Waals surface area contributed by atoms with Gasteiger partial charge in [0.15, 0.2) is 0 Å². The Balaban J connectivity index is 2.18.